The van der Waals surface area contributed by atoms with Crippen molar-refractivity contribution < 1.29 is 14.6 Å². The summed E-state index contributed by atoms with van der Waals surface area (Å²) in [5, 5.41) is 9.47. The summed E-state index contributed by atoms with van der Waals surface area (Å²) >= 11 is 0. The summed E-state index contributed by atoms with van der Waals surface area (Å²) in [4.78, 5) is 13.6. The molecule has 0 aromatic carbocycles. The van der Waals surface area contributed by atoms with Gasteiger partial charge in [0.1, 0.15) is 5.60 Å². The van der Waals surface area contributed by atoms with Crippen molar-refractivity contribution in [2.24, 2.45) is 11.7 Å². The Hall–Kier alpha value is -0.810. The van der Waals surface area contributed by atoms with Crippen LogP contribution in [-0.4, -0.2) is 46.9 Å². The van der Waals surface area contributed by atoms with Crippen LogP contribution in [0.2, 0.25) is 0 Å². The van der Waals surface area contributed by atoms with Gasteiger partial charge in [-0.15, -0.1) is 0 Å². The maximum absolute atomic E-state index is 11.8. The highest BCUT2D eigenvalue weighted by Crippen LogP contribution is 2.22. The lowest BCUT2D eigenvalue weighted by Gasteiger charge is -2.36. The summed E-state index contributed by atoms with van der Waals surface area (Å²) in [7, 11) is 0. The zero-order valence-electron chi connectivity index (χ0n) is 11.8. The van der Waals surface area contributed by atoms with Crippen LogP contribution in [0.4, 0.5) is 4.79 Å². The fraction of sp³-hybridized carbons (Fsp3) is 0.923. The number of aliphatic hydroxyl groups is 1. The predicted octanol–water partition coefficient (Wildman–Crippen LogP) is 1.34. The molecule has 1 aliphatic heterocycles. The van der Waals surface area contributed by atoms with E-state index in [1.165, 1.54) is 0 Å². The lowest BCUT2D eigenvalue weighted by atomic mass is 9.87. The first-order valence-electron chi connectivity index (χ1n) is 6.62. The molecule has 0 radical (unpaired) electrons. The van der Waals surface area contributed by atoms with Gasteiger partial charge in [0.2, 0.25) is 0 Å². The maximum Gasteiger partial charge on any atom is 0.410 e. The minimum absolute atomic E-state index is 0.203. The highest BCUT2D eigenvalue weighted by molar-refractivity contribution is 5.68. The third-order valence-electron chi connectivity index (χ3n) is 3.29. The van der Waals surface area contributed by atoms with Crippen LogP contribution >= 0.6 is 0 Å². The summed E-state index contributed by atoms with van der Waals surface area (Å²) in [6.45, 7) is 8.61. The highest BCUT2D eigenvalue weighted by Gasteiger charge is 2.30. The van der Waals surface area contributed by atoms with Crippen LogP contribution in [0.5, 0.6) is 0 Å². The summed E-state index contributed by atoms with van der Waals surface area (Å²) in [6, 6.07) is -0.203. The molecule has 1 rings (SSSR count). The number of amides is 1. The van der Waals surface area contributed by atoms with Gasteiger partial charge in [0.05, 0.1) is 6.10 Å². The Kier molecular flexibility index (Phi) is 4.99. The number of carbonyl (C=O) groups excluding carboxylic acids is 1. The van der Waals surface area contributed by atoms with Crippen molar-refractivity contribution in [3.63, 3.8) is 0 Å². The minimum atomic E-state index is -0.497. The molecule has 0 bridgehead atoms. The van der Waals surface area contributed by atoms with Gasteiger partial charge in [0.15, 0.2) is 0 Å². The number of hydrogen-bond donors (Lipinski definition) is 2. The van der Waals surface area contributed by atoms with Crippen molar-refractivity contribution in [2.45, 2.75) is 58.3 Å². The number of aliphatic hydroxyl groups excluding tert-OH is 1. The van der Waals surface area contributed by atoms with Crippen molar-refractivity contribution >= 4 is 6.09 Å². The molecule has 2 atom stereocenters. The molecule has 106 valence electrons. The van der Waals surface area contributed by atoms with E-state index in [9.17, 15) is 9.90 Å². The lowest BCUT2D eigenvalue weighted by molar-refractivity contribution is 0.0148. The second-order valence-corrected chi connectivity index (χ2v) is 6.12. The largest absolute Gasteiger partial charge is 0.444 e. The first-order chi connectivity index (χ1) is 8.20. The Morgan fingerprint density at radius 1 is 1.39 bits per heavy atom. The molecule has 1 fully saturated rings. The molecular weight excluding hydrogens is 232 g/mol. The second-order valence-electron chi connectivity index (χ2n) is 6.12. The summed E-state index contributed by atoms with van der Waals surface area (Å²) < 4.78 is 5.33. The Balaban J connectivity index is 2.42. The molecule has 3 N–H and O–H groups in total. The average Bonchev–Trinajstić information content (AvgIpc) is 2.26. The molecule has 0 spiro atoms. The number of nitrogens with two attached hydrogens (primary N) is 1. The van der Waals surface area contributed by atoms with Gasteiger partial charge < -0.3 is 20.5 Å². The van der Waals surface area contributed by atoms with Gasteiger partial charge in [-0.05, 0) is 46.5 Å². The van der Waals surface area contributed by atoms with Gasteiger partial charge in [-0.2, -0.15) is 0 Å². The number of piperidine rings is 1. The molecule has 0 aliphatic carbocycles. The normalized spacial score (nSPS) is 21.6. The van der Waals surface area contributed by atoms with Gasteiger partial charge >= 0.3 is 6.09 Å². The Labute approximate surface area is 109 Å². The molecule has 0 unspecified atom stereocenters. The fourth-order valence-corrected chi connectivity index (χ4v) is 2.19. The molecule has 0 saturated carbocycles. The molecule has 1 amide bonds. The van der Waals surface area contributed by atoms with Crippen LogP contribution in [-0.2, 0) is 4.74 Å². The Morgan fingerprint density at radius 2 is 1.89 bits per heavy atom. The van der Waals surface area contributed by atoms with Crippen LogP contribution in [0, 0.1) is 5.92 Å². The van der Waals surface area contributed by atoms with Gasteiger partial charge in [-0.25, -0.2) is 4.79 Å². The van der Waals surface area contributed by atoms with E-state index < -0.39 is 11.7 Å². The van der Waals surface area contributed by atoms with Crippen molar-refractivity contribution in [3.8, 4) is 0 Å². The van der Waals surface area contributed by atoms with E-state index in [0.29, 0.717) is 13.1 Å². The summed E-state index contributed by atoms with van der Waals surface area (Å²) in [6.07, 6.45) is 0.894. The fourth-order valence-electron chi connectivity index (χ4n) is 2.19. The number of likely N-dealkylation sites (tertiary alicyclic amines) is 1. The third kappa shape index (κ3) is 4.46. The average molecular weight is 258 g/mol. The van der Waals surface area contributed by atoms with E-state index in [-0.39, 0.29) is 18.1 Å². The van der Waals surface area contributed by atoms with E-state index in [1.807, 2.05) is 20.8 Å². The molecule has 5 heteroatoms. The van der Waals surface area contributed by atoms with Crippen LogP contribution in [0.3, 0.4) is 0 Å². The van der Waals surface area contributed by atoms with Crippen LogP contribution in [0.1, 0.15) is 40.5 Å². The number of carbonyl (C=O) groups is 1. The van der Waals surface area contributed by atoms with Gasteiger partial charge in [0.25, 0.3) is 0 Å². The Bertz CT molecular complexity index is 278. The molecule has 1 saturated heterocycles. The molecule has 18 heavy (non-hydrogen) atoms. The SMILES string of the molecule is C[C@H](O)[C@H](N)C1CCN(C(=O)OC(C)(C)C)CC1. The summed E-state index contributed by atoms with van der Waals surface area (Å²) in [5.41, 5.74) is 5.48. The lowest BCUT2D eigenvalue weighted by Crippen LogP contribution is -2.48. The van der Waals surface area contributed by atoms with Crippen molar-refractivity contribution in [1.29, 1.82) is 0 Å². The number of nitrogens with zero attached hydrogens (tertiary/aromatic N) is 1. The van der Waals surface area contributed by atoms with Gasteiger partial charge in [-0.3, -0.25) is 0 Å². The highest BCUT2D eigenvalue weighted by atomic mass is 16.6. The van der Waals surface area contributed by atoms with E-state index >= 15 is 0 Å². The monoisotopic (exact) mass is 258 g/mol. The molecule has 1 aliphatic rings. The quantitative estimate of drug-likeness (QED) is 0.783. The van der Waals surface area contributed by atoms with E-state index in [1.54, 1.807) is 11.8 Å². The van der Waals surface area contributed by atoms with E-state index in [4.69, 9.17) is 10.5 Å². The number of hydrogen-bond acceptors (Lipinski definition) is 4. The third-order valence-corrected chi connectivity index (χ3v) is 3.29. The number of ether oxygens (including phenoxy) is 1. The van der Waals surface area contributed by atoms with Crippen molar-refractivity contribution in [1.82, 2.24) is 4.90 Å². The number of rotatable bonds is 2. The molecule has 5 nitrogen and oxygen atoms in total. The second kappa shape index (κ2) is 5.89. The molecule has 0 aromatic heterocycles. The van der Waals surface area contributed by atoms with E-state index in [0.717, 1.165) is 12.8 Å². The zero-order chi connectivity index (χ0) is 13.9. The van der Waals surface area contributed by atoms with Gasteiger partial charge in [0, 0.05) is 19.1 Å². The summed E-state index contributed by atoms with van der Waals surface area (Å²) in [5.74, 6) is 0.281. The van der Waals surface area contributed by atoms with Crippen molar-refractivity contribution in [3.05, 3.63) is 0 Å². The standard InChI is InChI=1S/C13H26N2O3/c1-9(16)11(14)10-5-7-15(8-6-10)12(17)18-13(2,3)4/h9-11,16H,5-8,14H2,1-4H3/t9-,11-/m0/s1. The molecular formula is C13H26N2O3. The smallest absolute Gasteiger partial charge is 0.410 e. The first kappa shape index (κ1) is 15.2. The topological polar surface area (TPSA) is 75.8 Å². The minimum Gasteiger partial charge on any atom is -0.444 e. The van der Waals surface area contributed by atoms with Crippen LogP contribution < -0.4 is 5.73 Å². The van der Waals surface area contributed by atoms with Crippen LogP contribution in [0.25, 0.3) is 0 Å². The molecule has 1 heterocycles. The van der Waals surface area contributed by atoms with Gasteiger partial charge in [-0.1, -0.05) is 0 Å². The molecule has 0 aromatic rings. The maximum atomic E-state index is 11.8. The van der Waals surface area contributed by atoms with Crippen molar-refractivity contribution in [2.75, 3.05) is 13.1 Å². The first-order valence-corrected chi connectivity index (χ1v) is 6.62. The Morgan fingerprint density at radius 3 is 2.28 bits per heavy atom. The zero-order valence-corrected chi connectivity index (χ0v) is 11.8. The predicted molar refractivity (Wildman–Crippen MR) is 70.2 cm³/mol. The van der Waals surface area contributed by atoms with Crippen LogP contribution in [0.15, 0.2) is 0 Å². The van der Waals surface area contributed by atoms with E-state index in [2.05, 4.69) is 0 Å².